The quantitative estimate of drug-likeness (QED) is 0.775. The van der Waals surface area contributed by atoms with Crippen molar-refractivity contribution in [3.05, 3.63) is 47.7 Å². The van der Waals surface area contributed by atoms with Crippen molar-refractivity contribution in [3.63, 3.8) is 0 Å². The Morgan fingerprint density at radius 2 is 2.25 bits per heavy atom. The Kier molecular flexibility index (Phi) is 2.10. The van der Waals surface area contributed by atoms with Gasteiger partial charge in [0.05, 0.1) is 0 Å². The predicted octanol–water partition coefficient (Wildman–Crippen LogP) is 3.33. The van der Waals surface area contributed by atoms with E-state index in [0.29, 0.717) is 6.42 Å². The molecule has 80 valence electrons. The summed E-state index contributed by atoms with van der Waals surface area (Å²) in [7, 11) is 0. The summed E-state index contributed by atoms with van der Waals surface area (Å²) in [5.74, 6) is -0.0490. The average molecular weight is 214 g/mol. The number of halogens is 1. The molecule has 2 nitrogen and oxygen atoms in total. The van der Waals surface area contributed by atoms with E-state index in [4.69, 9.17) is 0 Å². The van der Waals surface area contributed by atoms with Crippen molar-refractivity contribution < 1.29 is 4.39 Å². The fraction of sp³-hybridized carbons (Fsp3) is 0.154. The molecular formula is C13H11FN2. The lowest BCUT2D eigenvalue weighted by molar-refractivity contribution is 0.590. The summed E-state index contributed by atoms with van der Waals surface area (Å²) in [6, 6.07) is 5.96. The molecule has 0 unspecified atom stereocenters. The van der Waals surface area contributed by atoms with Crippen LogP contribution in [0.15, 0.2) is 36.4 Å². The van der Waals surface area contributed by atoms with E-state index in [2.05, 4.69) is 16.0 Å². The Hall–Kier alpha value is -1.90. The molecule has 3 rings (SSSR count). The first-order valence-electron chi connectivity index (χ1n) is 5.31. The summed E-state index contributed by atoms with van der Waals surface area (Å²) < 4.78 is 13.1. The second kappa shape index (κ2) is 3.59. The lowest BCUT2D eigenvalue weighted by Gasteiger charge is -2.05. The van der Waals surface area contributed by atoms with E-state index in [1.165, 1.54) is 5.56 Å². The molecule has 16 heavy (non-hydrogen) atoms. The van der Waals surface area contributed by atoms with Crippen LogP contribution in [-0.2, 0) is 6.42 Å². The second-order valence-electron chi connectivity index (χ2n) is 3.95. The van der Waals surface area contributed by atoms with Gasteiger partial charge in [0.15, 0.2) is 0 Å². The van der Waals surface area contributed by atoms with Gasteiger partial charge in [0.1, 0.15) is 5.83 Å². The number of H-pyrrole nitrogens is 1. The lowest BCUT2D eigenvalue weighted by atomic mass is 10.0. The number of hydrogen-bond donors (Lipinski definition) is 1. The molecule has 0 saturated heterocycles. The van der Waals surface area contributed by atoms with Crippen molar-refractivity contribution in [2.24, 2.45) is 0 Å². The summed E-state index contributed by atoms with van der Waals surface area (Å²) in [4.78, 5) is 7.30. The first kappa shape index (κ1) is 9.33. The lowest BCUT2D eigenvalue weighted by Crippen LogP contribution is -1.93. The Morgan fingerprint density at radius 1 is 1.31 bits per heavy atom. The van der Waals surface area contributed by atoms with E-state index < -0.39 is 0 Å². The van der Waals surface area contributed by atoms with Gasteiger partial charge in [-0.1, -0.05) is 0 Å². The number of aromatic nitrogens is 2. The largest absolute Gasteiger partial charge is 0.355 e. The minimum absolute atomic E-state index is 0.0490. The van der Waals surface area contributed by atoms with Crippen LogP contribution in [-0.4, -0.2) is 9.97 Å². The van der Waals surface area contributed by atoms with E-state index in [1.807, 2.05) is 12.1 Å². The molecule has 0 spiro atoms. The van der Waals surface area contributed by atoms with Gasteiger partial charge in [-0.05, 0) is 36.3 Å². The van der Waals surface area contributed by atoms with E-state index in [9.17, 15) is 4.39 Å². The highest BCUT2D eigenvalue weighted by Crippen LogP contribution is 2.28. The number of aryl methyl sites for hydroxylation is 1. The number of aromatic amines is 1. The monoisotopic (exact) mass is 214 g/mol. The fourth-order valence-corrected chi connectivity index (χ4v) is 2.01. The Morgan fingerprint density at radius 3 is 3.06 bits per heavy atom. The van der Waals surface area contributed by atoms with Crippen molar-refractivity contribution in [2.75, 3.05) is 0 Å². The van der Waals surface area contributed by atoms with Gasteiger partial charge in [-0.25, -0.2) is 4.39 Å². The highest BCUT2D eigenvalue weighted by Gasteiger charge is 2.13. The number of allylic oxidation sites excluding steroid dienone is 1. The standard InChI is InChI=1S/C13H11FN2/c14-11-4-3-9-6-12(16-13(9)7-11)10-2-1-5-15-8-10/h1-2,5-8,16H,3-4H2. The molecule has 0 aliphatic heterocycles. The third-order valence-corrected chi connectivity index (χ3v) is 2.84. The molecule has 0 fully saturated rings. The van der Waals surface area contributed by atoms with Crippen molar-refractivity contribution in [1.82, 2.24) is 9.97 Å². The van der Waals surface area contributed by atoms with Gasteiger partial charge in [-0.2, -0.15) is 0 Å². The number of rotatable bonds is 1. The zero-order valence-corrected chi connectivity index (χ0v) is 8.70. The first-order valence-corrected chi connectivity index (χ1v) is 5.31. The van der Waals surface area contributed by atoms with Gasteiger partial charge in [-0.3, -0.25) is 4.98 Å². The van der Waals surface area contributed by atoms with Crippen LogP contribution >= 0.6 is 0 Å². The number of fused-ring (bicyclic) bond motifs is 1. The summed E-state index contributed by atoms with van der Waals surface area (Å²) in [6.45, 7) is 0. The highest BCUT2D eigenvalue weighted by atomic mass is 19.1. The average Bonchev–Trinajstić information content (AvgIpc) is 2.73. The van der Waals surface area contributed by atoms with E-state index in [-0.39, 0.29) is 5.83 Å². The van der Waals surface area contributed by atoms with E-state index >= 15 is 0 Å². The minimum atomic E-state index is -0.0490. The molecule has 0 atom stereocenters. The molecular weight excluding hydrogens is 203 g/mol. The molecule has 0 bridgehead atoms. The van der Waals surface area contributed by atoms with Crippen LogP contribution < -0.4 is 0 Å². The van der Waals surface area contributed by atoms with Crippen LogP contribution in [0.25, 0.3) is 17.3 Å². The van der Waals surface area contributed by atoms with Crippen LogP contribution in [0.1, 0.15) is 17.7 Å². The molecule has 3 heteroatoms. The smallest absolute Gasteiger partial charge is 0.102 e. The maximum atomic E-state index is 13.1. The van der Waals surface area contributed by atoms with Gasteiger partial charge < -0.3 is 4.98 Å². The second-order valence-corrected chi connectivity index (χ2v) is 3.95. The summed E-state index contributed by atoms with van der Waals surface area (Å²) in [6.07, 6.45) is 6.41. The maximum absolute atomic E-state index is 13.1. The minimum Gasteiger partial charge on any atom is -0.355 e. The zero-order valence-electron chi connectivity index (χ0n) is 8.70. The first-order chi connectivity index (χ1) is 7.83. The van der Waals surface area contributed by atoms with Crippen LogP contribution in [0.4, 0.5) is 4.39 Å². The highest BCUT2D eigenvalue weighted by molar-refractivity contribution is 5.66. The molecule has 2 aromatic rings. The van der Waals surface area contributed by atoms with Crippen molar-refractivity contribution in [2.45, 2.75) is 12.8 Å². The van der Waals surface area contributed by atoms with Crippen molar-refractivity contribution in [1.29, 1.82) is 0 Å². The topological polar surface area (TPSA) is 28.7 Å². The normalized spacial score (nSPS) is 14.4. The van der Waals surface area contributed by atoms with Crippen LogP contribution in [0.2, 0.25) is 0 Å². The summed E-state index contributed by atoms with van der Waals surface area (Å²) >= 11 is 0. The number of pyridine rings is 1. The Labute approximate surface area is 92.8 Å². The fourth-order valence-electron chi connectivity index (χ4n) is 2.01. The van der Waals surface area contributed by atoms with Gasteiger partial charge >= 0.3 is 0 Å². The van der Waals surface area contributed by atoms with Crippen LogP contribution in [0, 0.1) is 0 Å². The van der Waals surface area contributed by atoms with E-state index in [0.717, 1.165) is 23.4 Å². The van der Waals surface area contributed by atoms with Crippen molar-refractivity contribution in [3.8, 4) is 11.3 Å². The van der Waals surface area contributed by atoms with Crippen molar-refractivity contribution >= 4 is 6.08 Å². The molecule has 1 N–H and O–H groups in total. The molecule has 0 amide bonds. The van der Waals surface area contributed by atoms with Crippen LogP contribution in [0.5, 0.6) is 0 Å². The molecule has 1 aliphatic carbocycles. The van der Waals surface area contributed by atoms with E-state index in [1.54, 1.807) is 18.5 Å². The summed E-state index contributed by atoms with van der Waals surface area (Å²) in [5.41, 5.74) is 4.11. The van der Waals surface area contributed by atoms with Gasteiger partial charge in [-0.15, -0.1) is 0 Å². The number of hydrogen-bond acceptors (Lipinski definition) is 1. The maximum Gasteiger partial charge on any atom is 0.102 e. The Bertz CT molecular complexity index is 540. The molecule has 1 aliphatic rings. The zero-order chi connectivity index (χ0) is 11.0. The number of nitrogens with one attached hydrogen (secondary N) is 1. The third-order valence-electron chi connectivity index (χ3n) is 2.84. The molecule has 2 aromatic heterocycles. The van der Waals surface area contributed by atoms with Crippen LogP contribution in [0.3, 0.4) is 0 Å². The molecule has 0 aromatic carbocycles. The van der Waals surface area contributed by atoms with Gasteiger partial charge in [0.25, 0.3) is 0 Å². The molecule has 0 radical (unpaired) electrons. The Balaban J connectivity index is 2.06. The third kappa shape index (κ3) is 1.54. The van der Waals surface area contributed by atoms with Gasteiger partial charge in [0.2, 0.25) is 0 Å². The molecule has 2 heterocycles. The number of nitrogens with zero attached hydrogens (tertiary/aromatic N) is 1. The summed E-state index contributed by atoms with van der Waals surface area (Å²) in [5, 5.41) is 0. The van der Waals surface area contributed by atoms with Gasteiger partial charge in [0, 0.05) is 35.8 Å². The predicted molar refractivity (Wildman–Crippen MR) is 61.4 cm³/mol. The SMILES string of the molecule is FC1=Cc2[nH]c(-c3cccnc3)cc2CC1. The molecule has 0 saturated carbocycles.